The summed E-state index contributed by atoms with van der Waals surface area (Å²) in [6, 6.07) is 1.33. The van der Waals surface area contributed by atoms with Gasteiger partial charge in [0.15, 0.2) is 0 Å². The summed E-state index contributed by atoms with van der Waals surface area (Å²) in [5.74, 6) is -0.108. The monoisotopic (exact) mass is 242 g/mol. The molecule has 1 aliphatic rings. The lowest BCUT2D eigenvalue weighted by molar-refractivity contribution is -0.142. The average molecular weight is 242 g/mol. The van der Waals surface area contributed by atoms with Gasteiger partial charge in [-0.1, -0.05) is 0 Å². The number of hydrogen-bond donors (Lipinski definition) is 0. The highest BCUT2D eigenvalue weighted by atomic mass is 16.5. The summed E-state index contributed by atoms with van der Waals surface area (Å²) in [6.07, 6.45) is 1.65. The molecule has 1 rings (SSSR count). The highest BCUT2D eigenvalue weighted by Gasteiger charge is 2.29. The molecule has 0 aliphatic carbocycles. The Labute approximate surface area is 105 Å². The molecule has 0 spiro atoms. The van der Waals surface area contributed by atoms with E-state index in [9.17, 15) is 4.79 Å². The zero-order valence-corrected chi connectivity index (χ0v) is 11.8. The Morgan fingerprint density at radius 2 is 2.12 bits per heavy atom. The van der Waals surface area contributed by atoms with Crippen LogP contribution in [0.2, 0.25) is 0 Å². The maximum atomic E-state index is 11.5. The minimum atomic E-state index is -0.108. The molecular formula is C13H26N2O2. The van der Waals surface area contributed by atoms with Crippen LogP contribution >= 0.6 is 0 Å². The zero-order chi connectivity index (χ0) is 13.0. The molecule has 0 bridgehead atoms. The van der Waals surface area contributed by atoms with Crippen LogP contribution in [-0.2, 0) is 9.53 Å². The number of carbonyl (C=O) groups excluding carboxylic acids is 1. The Morgan fingerprint density at radius 1 is 1.47 bits per heavy atom. The first kappa shape index (κ1) is 14.5. The van der Waals surface area contributed by atoms with Crippen molar-refractivity contribution >= 4 is 5.97 Å². The molecule has 2 atom stereocenters. The normalized spacial score (nSPS) is 28.1. The number of rotatable bonds is 3. The predicted molar refractivity (Wildman–Crippen MR) is 69.0 cm³/mol. The van der Waals surface area contributed by atoms with Crippen LogP contribution in [0.3, 0.4) is 0 Å². The molecule has 1 aliphatic heterocycles. The van der Waals surface area contributed by atoms with Gasteiger partial charge in [0.1, 0.15) is 0 Å². The van der Waals surface area contributed by atoms with Gasteiger partial charge in [-0.25, -0.2) is 0 Å². The molecule has 1 heterocycles. The third-order valence-electron chi connectivity index (χ3n) is 3.82. The van der Waals surface area contributed by atoms with Crippen LogP contribution < -0.4 is 0 Å². The summed E-state index contributed by atoms with van der Waals surface area (Å²) >= 11 is 0. The van der Waals surface area contributed by atoms with Crippen molar-refractivity contribution in [1.82, 2.24) is 9.80 Å². The van der Waals surface area contributed by atoms with Crippen LogP contribution in [0.15, 0.2) is 0 Å². The van der Waals surface area contributed by atoms with E-state index in [1.54, 1.807) is 0 Å². The van der Waals surface area contributed by atoms with Gasteiger partial charge in [-0.15, -0.1) is 0 Å². The van der Waals surface area contributed by atoms with Crippen molar-refractivity contribution in [3.63, 3.8) is 0 Å². The van der Waals surface area contributed by atoms with E-state index < -0.39 is 0 Å². The first-order valence-corrected chi connectivity index (χ1v) is 6.48. The second-order valence-electron chi connectivity index (χ2n) is 5.34. The van der Waals surface area contributed by atoms with Gasteiger partial charge in [-0.3, -0.25) is 9.69 Å². The van der Waals surface area contributed by atoms with E-state index >= 15 is 0 Å². The molecule has 0 N–H and O–H groups in total. The fourth-order valence-corrected chi connectivity index (χ4v) is 2.49. The summed E-state index contributed by atoms with van der Waals surface area (Å²) in [4.78, 5) is 16.3. The predicted octanol–water partition coefficient (Wildman–Crippen LogP) is 1.35. The average Bonchev–Trinajstić information content (AvgIpc) is 2.39. The number of carbonyl (C=O) groups is 1. The first-order chi connectivity index (χ1) is 7.95. The fraction of sp³-hybridized carbons (Fsp3) is 0.923. The van der Waals surface area contributed by atoms with E-state index in [0.29, 0.717) is 18.5 Å². The van der Waals surface area contributed by atoms with Crippen LogP contribution in [0, 0.1) is 0 Å². The lowest BCUT2D eigenvalue weighted by atomic mass is 10.1. The van der Waals surface area contributed by atoms with E-state index in [1.807, 2.05) is 0 Å². The maximum Gasteiger partial charge on any atom is 0.307 e. The third kappa shape index (κ3) is 3.96. The molecule has 1 fully saturated rings. The van der Waals surface area contributed by atoms with Crippen molar-refractivity contribution in [2.45, 2.75) is 51.7 Å². The summed E-state index contributed by atoms with van der Waals surface area (Å²) < 4.78 is 4.80. The van der Waals surface area contributed by atoms with Crippen LogP contribution in [-0.4, -0.2) is 61.1 Å². The number of likely N-dealkylation sites (N-methyl/N-ethyl adjacent to an activating group) is 1. The van der Waals surface area contributed by atoms with Crippen LogP contribution in [0.5, 0.6) is 0 Å². The summed E-state index contributed by atoms with van der Waals surface area (Å²) in [5, 5.41) is 0. The maximum absolute atomic E-state index is 11.5. The third-order valence-corrected chi connectivity index (χ3v) is 3.82. The van der Waals surface area contributed by atoms with Gasteiger partial charge >= 0.3 is 5.97 Å². The molecule has 17 heavy (non-hydrogen) atoms. The molecule has 100 valence electrons. The number of ether oxygens (including phenoxy) is 1. The van der Waals surface area contributed by atoms with Gasteiger partial charge in [-0.2, -0.15) is 0 Å². The van der Waals surface area contributed by atoms with Crippen LogP contribution in [0.1, 0.15) is 33.6 Å². The Balaban J connectivity index is 2.74. The van der Waals surface area contributed by atoms with Gasteiger partial charge in [0.25, 0.3) is 0 Å². The quantitative estimate of drug-likeness (QED) is 0.700. The topological polar surface area (TPSA) is 32.8 Å². The van der Waals surface area contributed by atoms with Gasteiger partial charge in [0.05, 0.1) is 13.5 Å². The van der Waals surface area contributed by atoms with E-state index in [-0.39, 0.29) is 12.0 Å². The van der Waals surface area contributed by atoms with Crippen molar-refractivity contribution in [3.05, 3.63) is 0 Å². The van der Waals surface area contributed by atoms with Gasteiger partial charge < -0.3 is 9.64 Å². The fourth-order valence-electron chi connectivity index (χ4n) is 2.49. The lowest BCUT2D eigenvalue weighted by Gasteiger charge is -2.33. The van der Waals surface area contributed by atoms with Gasteiger partial charge in [-0.05, 0) is 34.2 Å². The van der Waals surface area contributed by atoms with E-state index in [1.165, 1.54) is 7.11 Å². The summed E-state index contributed by atoms with van der Waals surface area (Å²) in [7, 11) is 3.60. The SMILES string of the molecule is COC(=O)CC1CN(C)C(C)CCN1C(C)C. The van der Waals surface area contributed by atoms with Crippen molar-refractivity contribution < 1.29 is 9.53 Å². The minimum Gasteiger partial charge on any atom is -0.469 e. The molecule has 0 saturated carbocycles. The molecule has 1 saturated heterocycles. The van der Waals surface area contributed by atoms with E-state index in [0.717, 1.165) is 19.5 Å². The number of hydrogen-bond acceptors (Lipinski definition) is 4. The molecule has 2 unspecified atom stereocenters. The zero-order valence-electron chi connectivity index (χ0n) is 11.8. The molecule has 0 aromatic rings. The van der Waals surface area contributed by atoms with Crippen molar-refractivity contribution in [1.29, 1.82) is 0 Å². The molecular weight excluding hydrogens is 216 g/mol. The number of nitrogens with zero attached hydrogens (tertiary/aromatic N) is 2. The smallest absolute Gasteiger partial charge is 0.307 e. The lowest BCUT2D eigenvalue weighted by Crippen LogP contribution is -2.45. The van der Waals surface area contributed by atoms with Crippen LogP contribution in [0.25, 0.3) is 0 Å². The first-order valence-electron chi connectivity index (χ1n) is 6.48. The highest BCUT2D eigenvalue weighted by molar-refractivity contribution is 5.69. The Kier molecular flexibility index (Phi) is 5.40. The van der Waals surface area contributed by atoms with Crippen molar-refractivity contribution in [2.24, 2.45) is 0 Å². The molecule has 4 heteroatoms. The van der Waals surface area contributed by atoms with Crippen molar-refractivity contribution in [2.75, 3.05) is 27.2 Å². The Morgan fingerprint density at radius 3 is 2.65 bits per heavy atom. The standard InChI is InChI=1S/C13H26N2O2/c1-10(2)15-7-6-11(3)14(4)9-12(15)8-13(16)17-5/h10-12H,6-9H2,1-5H3. The molecule has 0 amide bonds. The number of esters is 1. The summed E-state index contributed by atoms with van der Waals surface area (Å²) in [6.45, 7) is 8.64. The minimum absolute atomic E-state index is 0.108. The Hall–Kier alpha value is -0.610. The molecule has 0 aromatic carbocycles. The van der Waals surface area contributed by atoms with Crippen LogP contribution in [0.4, 0.5) is 0 Å². The van der Waals surface area contributed by atoms with Crippen molar-refractivity contribution in [3.8, 4) is 0 Å². The molecule has 0 radical (unpaired) electrons. The highest BCUT2D eigenvalue weighted by Crippen LogP contribution is 2.19. The molecule has 0 aromatic heterocycles. The molecule has 4 nitrogen and oxygen atoms in total. The summed E-state index contributed by atoms with van der Waals surface area (Å²) in [5.41, 5.74) is 0. The largest absolute Gasteiger partial charge is 0.469 e. The van der Waals surface area contributed by atoms with E-state index in [2.05, 4.69) is 37.6 Å². The van der Waals surface area contributed by atoms with E-state index in [4.69, 9.17) is 4.74 Å². The number of methoxy groups -OCH3 is 1. The van der Waals surface area contributed by atoms with Gasteiger partial charge in [0, 0.05) is 31.2 Å². The Bertz CT molecular complexity index is 256. The van der Waals surface area contributed by atoms with Gasteiger partial charge in [0.2, 0.25) is 0 Å². The second-order valence-corrected chi connectivity index (χ2v) is 5.34. The second kappa shape index (κ2) is 6.36.